The quantitative estimate of drug-likeness (QED) is 0.702. The van der Waals surface area contributed by atoms with Gasteiger partial charge >= 0.3 is 0 Å². The van der Waals surface area contributed by atoms with E-state index in [4.69, 9.17) is 15.6 Å². The van der Waals surface area contributed by atoms with Crippen LogP contribution in [0.4, 0.5) is 11.8 Å². The molecule has 1 heterocycles. The first-order chi connectivity index (χ1) is 8.62. The highest BCUT2D eigenvalue weighted by Crippen LogP contribution is 2.24. The Kier molecular flexibility index (Phi) is 8.26. The highest BCUT2D eigenvalue weighted by atomic mass is 32.1. The van der Waals surface area contributed by atoms with E-state index in [0.717, 1.165) is 6.42 Å². The molecule has 0 aromatic carbocycles. The van der Waals surface area contributed by atoms with Gasteiger partial charge in [0.2, 0.25) is 5.95 Å². The van der Waals surface area contributed by atoms with Crippen molar-refractivity contribution in [3.63, 3.8) is 0 Å². The molecule has 0 fully saturated rings. The summed E-state index contributed by atoms with van der Waals surface area (Å²) in [5.41, 5.74) is 5.57. The van der Waals surface area contributed by atoms with Crippen molar-refractivity contribution >= 4 is 25.3 Å². The summed E-state index contributed by atoms with van der Waals surface area (Å²) in [6, 6.07) is 0.128. The molecule has 1 aromatic rings. The summed E-state index contributed by atoms with van der Waals surface area (Å²) in [6.07, 6.45) is 3.21. The van der Waals surface area contributed by atoms with Gasteiger partial charge in [-0.2, -0.15) is 18.5 Å². The third-order valence-electron chi connectivity index (χ3n) is 3.09. The van der Waals surface area contributed by atoms with E-state index in [0.29, 0.717) is 23.9 Å². The Morgan fingerprint density at radius 1 is 1.53 bits per heavy atom. The Bertz CT molecular complexity index is 379. The van der Waals surface area contributed by atoms with Crippen LogP contribution in [-0.2, 0) is 0 Å². The Morgan fingerprint density at radius 3 is 2.74 bits per heavy atom. The van der Waals surface area contributed by atoms with E-state index in [1.807, 2.05) is 0 Å². The maximum absolute atomic E-state index is 9.11. The summed E-state index contributed by atoms with van der Waals surface area (Å²) in [5.74, 6) is 1.74. The topological polar surface area (TPSA) is 93.3 Å². The Hall–Kier alpha value is -1.21. The molecule has 0 radical (unpaired) electrons. The van der Waals surface area contributed by atoms with Crippen molar-refractivity contribution in [2.75, 3.05) is 24.8 Å². The van der Waals surface area contributed by atoms with E-state index < -0.39 is 0 Å². The summed E-state index contributed by atoms with van der Waals surface area (Å²) < 4.78 is 5.19. The van der Waals surface area contributed by atoms with Crippen LogP contribution in [0.25, 0.3) is 0 Å². The number of methoxy groups -OCH3 is 1. The molecule has 4 N–H and O–H groups in total. The lowest BCUT2D eigenvalue weighted by Crippen LogP contribution is -2.29. The number of hydrogen-bond acceptors (Lipinski definition) is 6. The predicted octanol–water partition coefficient (Wildman–Crippen LogP) is 1.39. The normalized spacial score (nSPS) is 13.3. The fourth-order valence-electron chi connectivity index (χ4n) is 1.74. The third-order valence-corrected chi connectivity index (χ3v) is 3.09. The van der Waals surface area contributed by atoms with Gasteiger partial charge in [-0.25, -0.2) is 4.98 Å². The van der Waals surface area contributed by atoms with E-state index >= 15 is 0 Å². The summed E-state index contributed by atoms with van der Waals surface area (Å²) in [7, 11) is 1.56. The van der Waals surface area contributed by atoms with Crippen molar-refractivity contribution in [2.24, 2.45) is 5.92 Å². The molecule has 6 nitrogen and oxygen atoms in total. The van der Waals surface area contributed by atoms with Gasteiger partial charge < -0.3 is 20.9 Å². The summed E-state index contributed by atoms with van der Waals surface area (Å²) in [5, 5.41) is 12.4. The van der Waals surface area contributed by atoms with Crippen LogP contribution in [0.1, 0.15) is 26.7 Å². The molecular weight excluding hydrogens is 264 g/mol. The second-order valence-electron chi connectivity index (χ2n) is 4.29. The van der Waals surface area contributed by atoms with Crippen LogP contribution >= 0.6 is 13.5 Å². The van der Waals surface area contributed by atoms with Crippen molar-refractivity contribution in [3.05, 3.63) is 6.20 Å². The van der Waals surface area contributed by atoms with E-state index in [9.17, 15) is 0 Å². The van der Waals surface area contributed by atoms with Crippen LogP contribution in [0.15, 0.2) is 6.20 Å². The van der Waals surface area contributed by atoms with Crippen LogP contribution in [-0.4, -0.2) is 34.8 Å². The van der Waals surface area contributed by atoms with Crippen molar-refractivity contribution in [2.45, 2.75) is 32.7 Å². The monoisotopic (exact) mass is 288 g/mol. The number of hydrogen-bond donors (Lipinski definition) is 3. The molecule has 0 bridgehead atoms. The molecule has 110 valence electrons. The highest BCUT2D eigenvalue weighted by molar-refractivity contribution is 7.59. The number of aliphatic hydroxyl groups excluding tert-OH is 1. The second kappa shape index (κ2) is 8.82. The first kappa shape index (κ1) is 17.8. The Morgan fingerprint density at radius 2 is 2.21 bits per heavy atom. The minimum atomic E-state index is 0. The van der Waals surface area contributed by atoms with Crippen LogP contribution in [0.3, 0.4) is 0 Å². The number of nitrogens with one attached hydrogen (secondary N) is 1. The minimum absolute atomic E-state index is 0. The molecule has 0 spiro atoms. The van der Waals surface area contributed by atoms with Crippen molar-refractivity contribution in [1.29, 1.82) is 0 Å². The molecule has 1 unspecified atom stereocenters. The van der Waals surface area contributed by atoms with E-state index in [1.165, 1.54) is 6.20 Å². The zero-order valence-electron chi connectivity index (χ0n) is 11.7. The second-order valence-corrected chi connectivity index (χ2v) is 4.29. The summed E-state index contributed by atoms with van der Waals surface area (Å²) in [6.45, 7) is 4.37. The average molecular weight is 288 g/mol. The van der Waals surface area contributed by atoms with Gasteiger partial charge in [-0.3, -0.25) is 0 Å². The lowest BCUT2D eigenvalue weighted by atomic mass is 9.96. The summed E-state index contributed by atoms with van der Waals surface area (Å²) in [4.78, 5) is 8.01. The largest absolute Gasteiger partial charge is 0.491 e. The van der Waals surface area contributed by atoms with E-state index in [1.54, 1.807) is 7.11 Å². The maximum Gasteiger partial charge on any atom is 0.222 e. The number of anilines is 2. The number of nitrogen functional groups attached to an aromatic ring is 1. The molecule has 0 aliphatic heterocycles. The molecule has 1 rings (SSSR count). The Labute approximate surface area is 121 Å². The minimum Gasteiger partial charge on any atom is -0.491 e. The van der Waals surface area contributed by atoms with Crippen LogP contribution in [0.5, 0.6) is 5.75 Å². The predicted molar refractivity (Wildman–Crippen MR) is 81.9 cm³/mol. The molecule has 0 amide bonds. The number of aliphatic hydroxyl groups is 1. The molecule has 0 saturated carbocycles. The molecule has 0 aliphatic carbocycles. The molecule has 19 heavy (non-hydrogen) atoms. The van der Waals surface area contributed by atoms with Crippen molar-refractivity contribution in [3.8, 4) is 5.75 Å². The standard InChI is InChI=1S/C12H22N4O2.H2S/c1-4-8(2)9(5-6-17)15-11-10(18-3)7-14-12(13)16-11;/h7-9,17H,4-6H2,1-3H3,(H3,13,14,15,16);1H2/t8?,9-;/m0./s1. The van der Waals surface area contributed by atoms with Gasteiger partial charge in [0, 0.05) is 12.6 Å². The highest BCUT2D eigenvalue weighted by Gasteiger charge is 2.18. The molecule has 1 aromatic heterocycles. The molecular formula is C12H24N4O2S. The van der Waals surface area contributed by atoms with Gasteiger partial charge in [0.1, 0.15) is 0 Å². The van der Waals surface area contributed by atoms with Crippen molar-refractivity contribution in [1.82, 2.24) is 9.97 Å². The number of ether oxygens (including phenoxy) is 1. The number of rotatable bonds is 7. The van der Waals surface area contributed by atoms with Gasteiger partial charge in [-0.05, 0) is 12.3 Å². The van der Waals surface area contributed by atoms with Gasteiger partial charge in [-0.15, -0.1) is 0 Å². The average Bonchev–Trinajstić information content (AvgIpc) is 2.37. The lowest BCUT2D eigenvalue weighted by Gasteiger charge is -2.24. The zero-order chi connectivity index (χ0) is 13.5. The summed E-state index contributed by atoms with van der Waals surface area (Å²) >= 11 is 0. The van der Waals surface area contributed by atoms with Gasteiger partial charge in [0.05, 0.1) is 13.3 Å². The SMILES string of the molecule is CCC(C)[C@H](CCO)Nc1nc(N)ncc1OC.S. The third kappa shape index (κ3) is 5.12. The lowest BCUT2D eigenvalue weighted by molar-refractivity contribution is 0.262. The van der Waals surface area contributed by atoms with E-state index in [-0.39, 0.29) is 32.1 Å². The number of nitrogens with zero attached hydrogens (tertiary/aromatic N) is 2. The van der Waals surface area contributed by atoms with Crippen molar-refractivity contribution < 1.29 is 9.84 Å². The molecule has 2 atom stereocenters. The fourth-order valence-corrected chi connectivity index (χ4v) is 1.74. The first-order valence-corrected chi connectivity index (χ1v) is 6.16. The molecule has 7 heteroatoms. The van der Waals surface area contributed by atoms with Gasteiger partial charge in [0.15, 0.2) is 11.6 Å². The molecule has 0 saturated heterocycles. The van der Waals surface area contributed by atoms with Gasteiger partial charge in [-0.1, -0.05) is 20.3 Å². The maximum atomic E-state index is 9.11. The van der Waals surface area contributed by atoms with E-state index in [2.05, 4.69) is 29.1 Å². The first-order valence-electron chi connectivity index (χ1n) is 6.16. The zero-order valence-corrected chi connectivity index (χ0v) is 12.7. The van der Waals surface area contributed by atoms with Gasteiger partial charge in [0.25, 0.3) is 0 Å². The number of aromatic nitrogens is 2. The van der Waals surface area contributed by atoms with Crippen LogP contribution < -0.4 is 15.8 Å². The Balaban J connectivity index is 0.00000324. The number of nitrogens with two attached hydrogens (primary N) is 1. The van der Waals surface area contributed by atoms with Crippen LogP contribution in [0.2, 0.25) is 0 Å². The fraction of sp³-hybridized carbons (Fsp3) is 0.667. The smallest absolute Gasteiger partial charge is 0.222 e. The van der Waals surface area contributed by atoms with Crippen LogP contribution in [0, 0.1) is 5.92 Å². The molecule has 0 aliphatic rings.